The van der Waals surface area contributed by atoms with E-state index in [-0.39, 0.29) is 5.82 Å². The molecule has 2 saturated heterocycles. The molecule has 4 heteroatoms. The molecule has 2 heterocycles. The second-order valence-electron chi connectivity index (χ2n) is 6.18. The van der Waals surface area contributed by atoms with Gasteiger partial charge in [0.05, 0.1) is 5.69 Å². The van der Waals surface area contributed by atoms with Crippen LogP contribution in [0.15, 0.2) is 24.3 Å². The van der Waals surface area contributed by atoms with E-state index in [1.165, 1.54) is 38.9 Å². The van der Waals surface area contributed by atoms with E-state index in [1.54, 1.807) is 12.1 Å². The van der Waals surface area contributed by atoms with Crippen LogP contribution in [-0.2, 0) is 0 Å². The summed E-state index contributed by atoms with van der Waals surface area (Å²) in [5.41, 5.74) is 0.758. The highest BCUT2D eigenvalue weighted by atomic mass is 19.1. The number of nitrogens with zero attached hydrogens (tertiary/aromatic N) is 3. The summed E-state index contributed by atoms with van der Waals surface area (Å²) in [5.74, 6) is -0.0979. The van der Waals surface area contributed by atoms with E-state index in [9.17, 15) is 4.39 Å². The quantitative estimate of drug-likeness (QED) is 0.843. The topological polar surface area (TPSA) is 9.72 Å². The van der Waals surface area contributed by atoms with Crippen molar-refractivity contribution >= 4 is 5.69 Å². The van der Waals surface area contributed by atoms with E-state index in [0.29, 0.717) is 0 Å². The van der Waals surface area contributed by atoms with Crippen molar-refractivity contribution in [3.63, 3.8) is 0 Å². The van der Waals surface area contributed by atoms with Gasteiger partial charge < -0.3 is 9.80 Å². The molecule has 0 saturated carbocycles. The lowest BCUT2D eigenvalue weighted by molar-refractivity contribution is 0.176. The van der Waals surface area contributed by atoms with Gasteiger partial charge in [0.1, 0.15) is 5.82 Å². The Balaban J connectivity index is 1.43. The highest BCUT2D eigenvalue weighted by Gasteiger charge is 2.19. The number of hydrogen-bond donors (Lipinski definition) is 0. The minimum Gasteiger partial charge on any atom is -0.367 e. The van der Waals surface area contributed by atoms with Crippen LogP contribution in [-0.4, -0.2) is 62.2 Å². The molecule has 0 amide bonds. The van der Waals surface area contributed by atoms with Crippen LogP contribution in [0.25, 0.3) is 0 Å². The summed E-state index contributed by atoms with van der Waals surface area (Å²) < 4.78 is 13.8. The first kappa shape index (κ1) is 14.8. The van der Waals surface area contributed by atoms with Gasteiger partial charge in [0.2, 0.25) is 0 Å². The van der Waals surface area contributed by atoms with Crippen molar-refractivity contribution in [2.75, 3.05) is 57.3 Å². The minimum atomic E-state index is -0.0979. The molecule has 0 aliphatic carbocycles. The molecule has 1 aromatic carbocycles. The summed E-state index contributed by atoms with van der Waals surface area (Å²) in [6.45, 7) is 8.85. The molecule has 0 radical (unpaired) electrons. The molecule has 0 N–H and O–H groups in total. The zero-order valence-corrected chi connectivity index (χ0v) is 12.8. The summed E-state index contributed by atoms with van der Waals surface area (Å²) in [6, 6.07) is 7.12. The van der Waals surface area contributed by atoms with Crippen molar-refractivity contribution in [3.8, 4) is 0 Å². The Morgan fingerprint density at radius 3 is 2.05 bits per heavy atom. The van der Waals surface area contributed by atoms with Gasteiger partial charge in [0.15, 0.2) is 0 Å². The Hall–Kier alpha value is -1.13. The molecule has 116 valence electrons. The first-order valence-electron chi connectivity index (χ1n) is 8.27. The largest absolute Gasteiger partial charge is 0.367 e. The Morgan fingerprint density at radius 1 is 0.762 bits per heavy atom. The number of anilines is 1. The van der Waals surface area contributed by atoms with E-state index in [0.717, 1.165) is 38.4 Å². The Morgan fingerprint density at radius 2 is 1.38 bits per heavy atom. The van der Waals surface area contributed by atoms with Crippen molar-refractivity contribution in [1.82, 2.24) is 9.80 Å². The van der Waals surface area contributed by atoms with Crippen LogP contribution in [0.5, 0.6) is 0 Å². The number of piperidine rings is 1. The number of benzene rings is 1. The molecule has 21 heavy (non-hydrogen) atoms. The van der Waals surface area contributed by atoms with Crippen molar-refractivity contribution in [1.29, 1.82) is 0 Å². The van der Waals surface area contributed by atoms with E-state index in [4.69, 9.17) is 0 Å². The average Bonchev–Trinajstić information content (AvgIpc) is 2.55. The predicted octanol–water partition coefficient (Wildman–Crippen LogP) is 2.43. The fraction of sp³-hybridized carbons (Fsp3) is 0.647. The molecule has 0 bridgehead atoms. The third-order valence-electron chi connectivity index (χ3n) is 4.75. The lowest BCUT2D eigenvalue weighted by atomic mass is 10.1. The van der Waals surface area contributed by atoms with E-state index >= 15 is 0 Å². The van der Waals surface area contributed by atoms with E-state index in [1.807, 2.05) is 12.1 Å². The zero-order chi connectivity index (χ0) is 14.5. The molecular weight excluding hydrogens is 265 g/mol. The van der Waals surface area contributed by atoms with Crippen molar-refractivity contribution < 1.29 is 4.39 Å². The number of hydrogen-bond acceptors (Lipinski definition) is 3. The second-order valence-corrected chi connectivity index (χ2v) is 6.18. The molecule has 0 unspecified atom stereocenters. The van der Waals surface area contributed by atoms with Gasteiger partial charge in [0, 0.05) is 39.3 Å². The zero-order valence-electron chi connectivity index (χ0n) is 12.8. The van der Waals surface area contributed by atoms with Gasteiger partial charge in [-0.3, -0.25) is 4.90 Å². The van der Waals surface area contributed by atoms with Crippen molar-refractivity contribution in [2.45, 2.75) is 19.3 Å². The second kappa shape index (κ2) is 7.23. The molecule has 0 spiro atoms. The van der Waals surface area contributed by atoms with Crippen LogP contribution in [0.1, 0.15) is 19.3 Å². The van der Waals surface area contributed by atoms with Gasteiger partial charge in [-0.05, 0) is 38.1 Å². The summed E-state index contributed by atoms with van der Waals surface area (Å²) in [4.78, 5) is 7.28. The Bertz CT molecular complexity index is 437. The maximum Gasteiger partial charge on any atom is 0.146 e. The monoisotopic (exact) mass is 291 g/mol. The summed E-state index contributed by atoms with van der Waals surface area (Å²) in [6.07, 6.45) is 4.12. The highest BCUT2D eigenvalue weighted by Crippen LogP contribution is 2.20. The number of para-hydroxylation sites is 1. The molecule has 0 aromatic heterocycles. The first-order chi connectivity index (χ1) is 10.3. The van der Waals surface area contributed by atoms with Gasteiger partial charge >= 0.3 is 0 Å². The molecule has 1 aromatic rings. The Labute approximate surface area is 127 Å². The third kappa shape index (κ3) is 3.95. The van der Waals surface area contributed by atoms with Gasteiger partial charge in [0.25, 0.3) is 0 Å². The first-order valence-corrected chi connectivity index (χ1v) is 8.27. The SMILES string of the molecule is Fc1ccccc1N1CCN(CCN2CCCCC2)CC1. The lowest BCUT2D eigenvalue weighted by Crippen LogP contribution is -2.49. The van der Waals surface area contributed by atoms with Crippen LogP contribution in [0, 0.1) is 5.82 Å². The highest BCUT2D eigenvalue weighted by molar-refractivity contribution is 5.47. The van der Waals surface area contributed by atoms with Gasteiger partial charge in [-0.1, -0.05) is 18.6 Å². The molecular formula is C17H26FN3. The smallest absolute Gasteiger partial charge is 0.146 e. The summed E-state index contributed by atoms with van der Waals surface area (Å²) in [5, 5.41) is 0. The number of halogens is 1. The normalized spacial score (nSPS) is 21.7. The van der Waals surface area contributed by atoms with Crippen molar-refractivity contribution in [3.05, 3.63) is 30.1 Å². The van der Waals surface area contributed by atoms with Crippen LogP contribution >= 0.6 is 0 Å². The number of rotatable bonds is 4. The van der Waals surface area contributed by atoms with Crippen LogP contribution in [0.2, 0.25) is 0 Å². The summed E-state index contributed by atoms with van der Waals surface area (Å²) in [7, 11) is 0. The minimum absolute atomic E-state index is 0.0979. The van der Waals surface area contributed by atoms with Gasteiger partial charge in [-0.25, -0.2) is 4.39 Å². The van der Waals surface area contributed by atoms with E-state index < -0.39 is 0 Å². The molecule has 0 atom stereocenters. The van der Waals surface area contributed by atoms with Crippen molar-refractivity contribution in [2.24, 2.45) is 0 Å². The van der Waals surface area contributed by atoms with Crippen LogP contribution < -0.4 is 4.90 Å². The van der Waals surface area contributed by atoms with Gasteiger partial charge in [-0.15, -0.1) is 0 Å². The molecule has 2 aliphatic rings. The lowest BCUT2D eigenvalue weighted by Gasteiger charge is -2.37. The standard InChI is InChI=1S/C17H26FN3/c18-16-6-2-3-7-17(16)21-14-12-20(13-15-21)11-10-19-8-4-1-5-9-19/h2-3,6-7H,1,4-5,8-15H2. The predicted molar refractivity (Wildman–Crippen MR) is 85.3 cm³/mol. The average molecular weight is 291 g/mol. The number of piperazine rings is 1. The van der Waals surface area contributed by atoms with E-state index in [2.05, 4.69) is 14.7 Å². The maximum absolute atomic E-state index is 13.8. The van der Waals surface area contributed by atoms with Crippen LogP contribution in [0.4, 0.5) is 10.1 Å². The fourth-order valence-corrected chi connectivity index (χ4v) is 3.39. The fourth-order valence-electron chi connectivity index (χ4n) is 3.39. The Kier molecular flexibility index (Phi) is 5.09. The molecule has 2 aliphatic heterocycles. The maximum atomic E-state index is 13.8. The summed E-state index contributed by atoms with van der Waals surface area (Å²) >= 11 is 0. The molecule has 3 rings (SSSR count). The third-order valence-corrected chi connectivity index (χ3v) is 4.75. The van der Waals surface area contributed by atoms with Gasteiger partial charge in [-0.2, -0.15) is 0 Å². The number of likely N-dealkylation sites (tertiary alicyclic amines) is 1. The molecule has 2 fully saturated rings. The van der Waals surface area contributed by atoms with Crippen LogP contribution in [0.3, 0.4) is 0 Å². The molecule has 3 nitrogen and oxygen atoms in total.